The molecule has 1 aliphatic heterocycles. The van der Waals surface area contributed by atoms with Crippen LogP contribution in [0.2, 0.25) is 0 Å². The first-order valence-electron chi connectivity index (χ1n) is 8.61. The molecule has 0 spiro atoms. The van der Waals surface area contributed by atoms with Crippen LogP contribution in [0.15, 0.2) is 29.8 Å². The fourth-order valence-electron chi connectivity index (χ4n) is 2.90. The number of allylic oxidation sites excluding steroid dienone is 1. The van der Waals surface area contributed by atoms with Gasteiger partial charge >= 0.3 is 0 Å². The van der Waals surface area contributed by atoms with E-state index in [0.717, 1.165) is 49.5 Å². The van der Waals surface area contributed by atoms with Crippen LogP contribution in [0.5, 0.6) is 5.75 Å². The first kappa shape index (κ1) is 17.8. The van der Waals surface area contributed by atoms with E-state index in [2.05, 4.69) is 30.1 Å². The van der Waals surface area contributed by atoms with Crippen molar-refractivity contribution in [3.63, 3.8) is 0 Å². The number of hydrogen-bond donors (Lipinski definition) is 2. The summed E-state index contributed by atoms with van der Waals surface area (Å²) in [6, 6.07) is 6.49. The molecular weight excluding hydrogens is 288 g/mol. The van der Waals surface area contributed by atoms with Crippen molar-refractivity contribution in [1.82, 2.24) is 4.90 Å². The molecule has 0 amide bonds. The lowest BCUT2D eigenvalue weighted by Crippen LogP contribution is -2.39. The number of piperidine rings is 1. The van der Waals surface area contributed by atoms with Gasteiger partial charge in [0.1, 0.15) is 5.75 Å². The fraction of sp³-hybridized carbons (Fsp3) is 0.579. The van der Waals surface area contributed by atoms with Gasteiger partial charge in [-0.1, -0.05) is 11.6 Å². The van der Waals surface area contributed by atoms with Crippen LogP contribution in [0.4, 0.5) is 5.69 Å². The van der Waals surface area contributed by atoms with E-state index in [9.17, 15) is 5.11 Å². The summed E-state index contributed by atoms with van der Waals surface area (Å²) in [6.07, 6.45) is 4.60. The van der Waals surface area contributed by atoms with Crippen molar-refractivity contribution in [2.45, 2.75) is 46.3 Å². The van der Waals surface area contributed by atoms with E-state index in [1.165, 1.54) is 5.57 Å². The Hall–Kier alpha value is -1.52. The van der Waals surface area contributed by atoms with Crippen LogP contribution in [0, 0.1) is 0 Å². The van der Waals surface area contributed by atoms with E-state index in [0.29, 0.717) is 12.6 Å². The summed E-state index contributed by atoms with van der Waals surface area (Å²) in [5.74, 6) is 0.775. The maximum absolute atomic E-state index is 9.49. The van der Waals surface area contributed by atoms with Gasteiger partial charge < -0.3 is 15.2 Å². The molecule has 1 saturated heterocycles. The molecule has 128 valence electrons. The Morgan fingerprint density at radius 3 is 2.70 bits per heavy atom. The third kappa shape index (κ3) is 5.56. The highest BCUT2D eigenvalue weighted by Gasteiger charge is 2.18. The molecular formula is C19H30N2O2. The molecule has 0 unspecified atom stereocenters. The number of benzene rings is 1. The highest BCUT2D eigenvalue weighted by Crippen LogP contribution is 2.25. The zero-order valence-corrected chi connectivity index (χ0v) is 14.6. The number of hydrogen-bond acceptors (Lipinski definition) is 4. The molecule has 1 aliphatic rings. The van der Waals surface area contributed by atoms with Crippen molar-refractivity contribution in [2.75, 3.05) is 31.6 Å². The first-order chi connectivity index (χ1) is 11.1. The molecule has 2 N–H and O–H groups in total. The highest BCUT2D eigenvalue weighted by atomic mass is 16.5. The lowest BCUT2D eigenvalue weighted by atomic mass is 10.0. The summed E-state index contributed by atoms with van der Waals surface area (Å²) in [5, 5.41) is 13.1. The van der Waals surface area contributed by atoms with E-state index >= 15 is 0 Å². The fourth-order valence-corrected chi connectivity index (χ4v) is 2.90. The van der Waals surface area contributed by atoms with Gasteiger partial charge in [-0.25, -0.2) is 0 Å². The summed E-state index contributed by atoms with van der Waals surface area (Å²) in [7, 11) is 0. The number of likely N-dealkylation sites (tertiary alicyclic amines) is 1. The van der Waals surface area contributed by atoms with Gasteiger partial charge in [0.05, 0.1) is 13.2 Å². The highest BCUT2D eigenvalue weighted by molar-refractivity contribution is 5.51. The minimum atomic E-state index is 0.00595. The van der Waals surface area contributed by atoms with E-state index in [1.807, 2.05) is 25.1 Å². The molecule has 0 radical (unpaired) electrons. The van der Waals surface area contributed by atoms with Gasteiger partial charge in [0, 0.05) is 36.9 Å². The quantitative estimate of drug-likeness (QED) is 0.756. The number of ether oxygens (including phenoxy) is 1. The van der Waals surface area contributed by atoms with Crippen molar-refractivity contribution < 1.29 is 9.84 Å². The van der Waals surface area contributed by atoms with Crippen LogP contribution in [0.25, 0.3) is 0 Å². The van der Waals surface area contributed by atoms with Crippen molar-refractivity contribution in [3.05, 3.63) is 35.4 Å². The van der Waals surface area contributed by atoms with Crippen molar-refractivity contribution in [1.29, 1.82) is 0 Å². The van der Waals surface area contributed by atoms with Gasteiger partial charge in [-0.05, 0) is 51.8 Å². The molecule has 2 rings (SSSR count). The van der Waals surface area contributed by atoms with E-state index in [4.69, 9.17) is 4.74 Å². The maximum atomic E-state index is 9.49. The van der Waals surface area contributed by atoms with Gasteiger partial charge in [-0.2, -0.15) is 0 Å². The number of rotatable bonds is 7. The summed E-state index contributed by atoms with van der Waals surface area (Å²) >= 11 is 0. The normalized spacial score (nSPS) is 16.2. The Morgan fingerprint density at radius 2 is 2.09 bits per heavy atom. The molecule has 1 aromatic rings. The van der Waals surface area contributed by atoms with E-state index < -0.39 is 0 Å². The summed E-state index contributed by atoms with van der Waals surface area (Å²) in [4.78, 5) is 2.50. The zero-order valence-electron chi connectivity index (χ0n) is 14.6. The lowest BCUT2D eigenvalue weighted by Gasteiger charge is -2.32. The SMILES string of the molecule is CCOc1ccc(NC2CCN(CC=C(C)C)CC2)cc1CO. The minimum absolute atomic E-state index is 0.00595. The van der Waals surface area contributed by atoms with Crippen LogP contribution in [0.1, 0.15) is 39.2 Å². The Balaban J connectivity index is 1.87. The summed E-state index contributed by atoms with van der Waals surface area (Å²) < 4.78 is 5.53. The first-order valence-corrected chi connectivity index (χ1v) is 8.61. The standard InChI is InChI=1S/C19H30N2O2/c1-4-23-19-6-5-18(13-16(19)14-22)20-17-8-11-21(12-9-17)10-7-15(2)3/h5-7,13,17,20,22H,4,8-12,14H2,1-3H3. The monoisotopic (exact) mass is 318 g/mol. The molecule has 4 heteroatoms. The third-order valence-electron chi connectivity index (χ3n) is 4.25. The minimum Gasteiger partial charge on any atom is -0.494 e. The van der Waals surface area contributed by atoms with Gasteiger partial charge in [0.15, 0.2) is 0 Å². The van der Waals surface area contributed by atoms with Crippen LogP contribution in [0.3, 0.4) is 0 Å². The van der Waals surface area contributed by atoms with E-state index in [-0.39, 0.29) is 6.61 Å². The molecule has 23 heavy (non-hydrogen) atoms. The van der Waals surface area contributed by atoms with Gasteiger partial charge in [0.2, 0.25) is 0 Å². The lowest BCUT2D eigenvalue weighted by molar-refractivity contribution is 0.239. The third-order valence-corrected chi connectivity index (χ3v) is 4.25. The van der Waals surface area contributed by atoms with Crippen LogP contribution < -0.4 is 10.1 Å². The number of aliphatic hydroxyl groups excluding tert-OH is 1. The van der Waals surface area contributed by atoms with E-state index in [1.54, 1.807) is 0 Å². The zero-order chi connectivity index (χ0) is 16.7. The number of aliphatic hydroxyl groups is 1. The number of nitrogens with one attached hydrogen (secondary N) is 1. The Kier molecular flexibility index (Phi) is 6.93. The maximum Gasteiger partial charge on any atom is 0.124 e. The largest absolute Gasteiger partial charge is 0.494 e. The van der Waals surface area contributed by atoms with Crippen LogP contribution >= 0.6 is 0 Å². The Labute approximate surface area is 140 Å². The molecule has 1 aromatic carbocycles. The molecule has 0 saturated carbocycles. The number of anilines is 1. The second-order valence-corrected chi connectivity index (χ2v) is 6.41. The van der Waals surface area contributed by atoms with Crippen molar-refractivity contribution in [2.24, 2.45) is 0 Å². The Bertz CT molecular complexity index is 516. The molecule has 0 bridgehead atoms. The van der Waals surface area contributed by atoms with Crippen LogP contribution in [-0.2, 0) is 6.61 Å². The molecule has 0 aliphatic carbocycles. The van der Waals surface area contributed by atoms with Crippen molar-refractivity contribution in [3.8, 4) is 5.75 Å². The van der Waals surface area contributed by atoms with Gasteiger partial charge in [-0.15, -0.1) is 0 Å². The topological polar surface area (TPSA) is 44.7 Å². The molecule has 0 atom stereocenters. The van der Waals surface area contributed by atoms with Gasteiger partial charge in [0.25, 0.3) is 0 Å². The molecule has 1 fully saturated rings. The predicted octanol–water partition coefficient (Wildman–Crippen LogP) is 3.42. The average molecular weight is 318 g/mol. The Morgan fingerprint density at radius 1 is 1.35 bits per heavy atom. The number of nitrogens with zero attached hydrogens (tertiary/aromatic N) is 1. The molecule has 1 heterocycles. The molecule has 0 aromatic heterocycles. The van der Waals surface area contributed by atoms with Crippen molar-refractivity contribution >= 4 is 5.69 Å². The smallest absolute Gasteiger partial charge is 0.124 e. The molecule has 4 nitrogen and oxygen atoms in total. The average Bonchev–Trinajstić information content (AvgIpc) is 2.55. The van der Waals surface area contributed by atoms with Gasteiger partial charge in [-0.3, -0.25) is 4.90 Å². The second kappa shape index (κ2) is 8.94. The van der Waals surface area contributed by atoms with Crippen LogP contribution in [-0.4, -0.2) is 42.3 Å². The summed E-state index contributed by atoms with van der Waals surface area (Å²) in [6.45, 7) is 10.2. The summed E-state index contributed by atoms with van der Waals surface area (Å²) in [5.41, 5.74) is 3.30. The predicted molar refractivity (Wildman–Crippen MR) is 96.0 cm³/mol. The second-order valence-electron chi connectivity index (χ2n) is 6.41.